The molecular formula is C27H28N8O2. The van der Waals surface area contributed by atoms with Gasteiger partial charge in [0.1, 0.15) is 47.4 Å². The van der Waals surface area contributed by atoms with Crippen molar-refractivity contribution in [3.8, 4) is 23.8 Å². The normalized spacial score (nSPS) is 14.0. The van der Waals surface area contributed by atoms with E-state index in [1.807, 2.05) is 43.5 Å². The number of aryl methyl sites for hydroxylation is 1. The van der Waals surface area contributed by atoms with Crippen molar-refractivity contribution in [2.75, 3.05) is 23.9 Å². The molecule has 0 radical (unpaired) electrons. The van der Waals surface area contributed by atoms with Gasteiger partial charge in [0.2, 0.25) is 5.96 Å². The lowest BCUT2D eigenvalue weighted by Gasteiger charge is -2.26. The number of nitrogens with zero attached hydrogens (tertiary/aromatic N) is 4. The van der Waals surface area contributed by atoms with Crippen molar-refractivity contribution in [1.29, 1.82) is 10.5 Å². The van der Waals surface area contributed by atoms with Crippen LogP contribution in [0.5, 0.6) is 11.5 Å². The first-order valence-electron chi connectivity index (χ1n) is 11.7. The van der Waals surface area contributed by atoms with Crippen molar-refractivity contribution in [1.82, 2.24) is 10.3 Å². The standard InChI is InChI=1S/C27H28N8O2/c1-14(2)18-7-5-15(3)9-21(18)37-12-17-10-16(6-8-20(17)36-4)24-22-23(30)19(11-28)25(31)34-26(22)35-27(33-24)32-13-29/h5-10,14,24H,12H2,1-4H3,(H6,30,31,32,33,34,35). The summed E-state index contributed by atoms with van der Waals surface area (Å²) in [7, 11) is 1.60. The van der Waals surface area contributed by atoms with Crippen LogP contribution in [-0.2, 0) is 6.61 Å². The first-order chi connectivity index (χ1) is 17.8. The lowest BCUT2D eigenvalue weighted by atomic mass is 9.94. The van der Waals surface area contributed by atoms with Gasteiger partial charge < -0.3 is 26.3 Å². The van der Waals surface area contributed by atoms with E-state index in [0.29, 0.717) is 23.0 Å². The molecule has 188 valence electrons. The second kappa shape index (κ2) is 10.3. The fraction of sp³-hybridized carbons (Fsp3) is 0.259. The quantitative estimate of drug-likeness (QED) is 0.290. The van der Waals surface area contributed by atoms with Crippen LogP contribution in [0.4, 0.5) is 17.3 Å². The maximum absolute atomic E-state index is 9.57. The van der Waals surface area contributed by atoms with Crippen LogP contribution in [0.3, 0.4) is 0 Å². The van der Waals surface area contributed by atoms with Gasteiger partial charge in [0, 0.05) is 11.1 Å². The highest BCUT2D eigenvalue weighted by Crippen LogP contribution is 2.41. The van der Waals surface area contributed by atoms with Crippen molar-refractivity contribution < 1.29 is 9.47 Å². The van der Waals surface area contributed by atoms with Gasteiger partial charge >= 0.3 is 0 Å². The minimum Gasteiger partial charge on any atom is -0.496 e. The van der Waals surface area contributed by atoms with Crippen molar-refractivity contribution in [3.05, 3.63) is 69.8 Å². The molecule has 6 N–H and O–H groups in total. The Hall–Kier alpha value is -4.96. The zero-order chi connectivity index (χ0) is 26.7. The summed E-state index contributed by atoms with van der Waals surface area (Å²) >= 11 is 0. The molecule has 37 heavy (non-hydrogen) atoms. The van der Waals surface area contributed by atoms with E-state index >= 15 is 0 Å². The van der Waals surface area contributed by atoms with Gasteiger partial charge in [-0.25, -0.2) is 9.98 Å². The maximum atomic E-state index is 9.57. The number of anilines is 3. The van der Waals surface area contributed by atoms with Gasteiger partial charge in [-0.2, -0.15) is 10.5 Å². The van der Waals surface area contributed by atoms with Crippen molar-refractivity contribution in [3.63, 3.8) is 0 Å². The average molecular weight is 497 g/mol. The number of nitrogens with two attached hydrogens (primary N) is 2. The summed E-state index contributed by atoms with van der Waals surface area (Å²) < 4.78 is 11.9. The van der Waals surface area contributed by atoms with Crippen LogP contribution >= 0.6 is 0 Å². The Balaban J connectivity index is 1.78. The molecule has 1 unspecified atom stereocenters. The third-order valence-electron chi connectivity index (χ3n) is 6.15. The molecule has 10 nitrogen and oxygen atoms in total. The first kappa shape index (κ1) is 25.1. The Labute approximate surface area is 215 Å². The SMILES string of the molecule is COc1ccc(C2N=C(NC#N)Nc3nc(N)c(C#N)c(N)c32)cc1COc1cc(C)ccc1C(C)C. The third-order valence-corrected chi connectivity index (χ3v) is 6.15. The lowest BCUT2D eigenvalue weighted by Crippen LogP contribution is -2.32. The molecule has 0 amide bonds. The zero-order valence-electron chi connectivity index (χ0n) is 21.1. The molecule has 2 heterocycles. The van der Waals surface area contributed by atoms with E-state index in [2.05, 4.69) is 46.6 Å². The molecule has 1 aliphatic heterocycles. The van der Waals surface area contributed by atoms with Crippen molar-refractivity contribution in [2.45, 2.75) is 39.3 Å². The minimum absolute atomic E-state index is 0.00820. The number of nitriles is 2. The fourth-order valence-electron chi connectivity index (χ4n) is 4.30. The Morgan fingerprint density at radius 2 is 1.92 bits per heavy atom. The van der Waals surface area contributed by atoms with Crippen LogP contribution in [0.15, 0.2) is 41.4 Å². The largest absolute Gasteiger partial charge is 0.496 e. The molecule has 0 saturated carbocycles. The van der Waals surface area contributed by atoms with E-state index in [9.17, 15) is 5.26 Å². The highest BCUT2D eigenvalue weighted by atomic mass is 16.5. The molecule has 0 saturated heterocycles. The summed E-state index contributed by atoms with van der Waals surface area (Å²) in [4.78, 5) is 8.94. The summed E-state index contributed by atoms with van der Waals surface area (Å²) in [6, 6.07) is 13.1. The van der Waals surface area contributed by atoms with E-state index in [-0.39, 0.29) is 29.6 Å². The van der Waals surface area contributed by atoms with E-state index in [1.165, 1.54) is 0 Å². The van der Waals surface area contributed by atoms with E-state index in [1.54, 1.807) is 7.11 Å². The maximum Gasteiger partial charge on any atom is 0.211 e. The summed E-state index contributed by atoms with van der Waals surface area (Å²) in [5.74, 6) is 2.26. The number of hydrogen-bond acceptors (Lipinski definition) is 10. The Morgan fingerprint density at radius 3 is 2.59 bits per heavy atom. The van der Waals surface area contributed by atoms with Crippen LogP contribution in [0, 0.1) is 29.7 Å². The van der Waals surface area contributed by atoms with Crippen molar-refractivity contribution in [2.24, 2.45) is 4.99 Å². The molecular weight excluding hydrogens is 468 g/mol. The molecule has 0 bridgehead atoms. The summed E-state index contributed by atoms with van der Waals surface area (Å²) in [5.41, 5.74) is 16.8. The molecule has 0 aliphatic carbocycles. The van der Waals surface area contributed by atoms with Gasteiger partial charge in [-0.1, -0.05) is 32.0 Å². The Bertz CT molecular complexity index is 1470. The third kappa shape index (κ3) is 4.91. The van der Waals surface area contributed by atoms with E-state index in [4.69, 9.17) is 26.2 Å². The molecule has 1 atom stereocenters. The monoisotopic (exact) mass is 496 g/mol. The number of aliphatic imine (C=N–C) groups is 1. The molecule has 10 heteroatoms. The van der Waals surface area contributed by atoms with Gasteiger partial charge in [0.25, 0.3) is 0 Å². The predicted molar refractivity (Wildman–Crippen MR) is 142 cm³/mol. The topological polar surface area (TPSA) is 167 Å². The molecule has 2 aromatic carbocycles. The number of ether oxygens (including phenoxy) is 2. The van der Waals surface area contributed by atoms with Gasteiger partial charge in [-0.3, -0.25) is 5.32 Å². The van der Waals surface area contributed by atoms with Gasteiger partial charge in [-0.15, -0.1) is 0 Å². The van der Waals surface area contributed by atoms with E-state index in [0.717, 1.165) is 28.0 Å². The van der Waals surface area contributed by atoms with Gasteiger partial charge in [-0.05, 0) is 47.7 Å². The first-order valence-corrected chi connectivity index (χ1v) is 11.7. The lowest BCUT2D eigenvalue weighted by molar-refractivity contribution is 0.292. The molecule has 0 fully saturated rings. The number of fused-ring (bicyclic) bond motifs is 1. The minimum atomic E-state index is -0.665. The molecule has 4 rings (SSSR count). The average Bonchev–Trinajstić information content (AvgIpc) is 2.87. The number of rotatable bonds is 6. The van der Waals surface area contributed by atoms with Crippen LogP contribution in [-0.4, -0.2) is 18.1 Å². The highest BCUT2D eigenvalue weighted by molar-refractivity contribution is 5.98. The Kier molecular flexibility index (Phi) is 7.03. The number of nitrogens with one attached hydrogen (secondary N) is 2. The number of benzene rings is 2. The summed E-state index contributed by atoms with van der Waals surface area (Å²) in [5, 5.41) is 24.2. The number of hydrogen-bond donors (Lipinski definition) is 4. The zero-order valence-corrected chi connectivity index (χ0v) is 21.1. The van der Waals surface area contributed by atoms with Crippen LogP contribution in [0.25, 0.3) is 0 Å². The number of aromatic nitrogens is 1. The summed E-state index contributed by atoms with van der Waals surface area (Å²) in [6.45, 7) is 6.53. The van der Waals surface area contributed by atoms with Crippen molar-refractivity contribution >= 4 is 23.3 Å². The Morgan fingerprint density at radius 1 is 1.14 bits per heavy atom. The summed E-state index contributed by atoms with van der Waals surface area (Å²) in [6.07, 6.45) is 1.85. The van der Waals surface area contributed by atoms with E-state index < -0.39 is 6.04 Å². The van der Waals surface area contributed by atoms with Crippen LogP contribution in [0.2, 0.25) is 0 Å². The molecule has 0 spiro atoms. The van der Waals surface area contributed by atoms with Gasteiger partial charge in [0.05, 0.1) is 12.8 Å². The number of guanidine groups is 1. The molecule has 1 aromatic heterocycles. The number of nitrogen functional groups attached to an aromatic ring is 2. The second-order valence-electron chi connectivity index (χ2n) is 8.96. The number of pyridine rings is 1. The fourth-order valence-corrected chi connectivity index (χ4v) is 4.30. The predicted octanol–water partition coefficient (Wildman–Crippen LogP) is 4.08. The number of methoxy groups -OCH3 is 1. The van der Waals surface area contributed by atoms with Crippen LogP contribution < -0.4 is 31.6 Å². The van der Waals surface area contributed by atoms with Gasteiger partial charge in [0.15, 0.2) is 6.19 Å². The smallest absolute Gasteiger partial charge is 0.211 e. The highest BCUT2D eigenvalue weighted by Gasteiger charge is 2.30. The second-order valence-corrected chi connectivity index (χ2v) is 8.96. The molecule has 1 aliphatic rings. The molecule has 3 aromatic rings. The van der Waals surface area contributed by atoms with Crippen LogP contribution in [0.1, 0.15) is 59.2 Å².